The summed E-state index contributed by atoms with van der Waals surface area (Å²) in [4.78, 5) is 11.5. The molecule has 8 heteroatoms. The maximum absolute atomic E-state index is 12.7. The normalized spacial score (nSPS) is 14.3. The fraction of sp³-hybridized carbons (Fsp3) is 0.286. The minimum atomic E-state index is -3.69. The Morgan fingerprint density at radius 3 is 2.62 bits per heavy atom. The van der Waals surface area contributed by atoms with E-state index in [0.29, 0.717) is 16.9 Å². The predicted molar refractivity (Wildman–Crippen MR) is 111 cm³/mol. The number of nitrogens with one attached hydrogen (secondary N) is 1. The first-order chi connectivity index (χ1) is 14.0. The zero-order valence-corrected chi connectivity index (χ0v) is 16.9. The van der Waals surface area contributed by atoms with Crippen LogP contribution in [0.1, 0.15) is 29.8 Å². The lowest BCUT2D eigenvalue weighted by Crippen LogP contribution is -2.26. The molecule has 1 aromatic heterocycles. The zero-order valence-electron chi connectivity index (χ0n) is 16.1. The molecule has 4 rings (SSSR count). The zero-order chi connectivity index (χ0) is 20.4. The summed E-state index contributed by atoms with van der Waals surface area (Å²) in [6, 6.07) is 14.3. The van der Waals surface area contributed by atoms with E-state index in [4.69, 9.17) is 0 Å². The van der Waals surface area contributed by atoms with Crippen LogP contribution in [-0.2, 0) is 16.6 Å². The number of benzene rings is 2. The third-order valence-electron chi connectivity index (χ3n) is 5.00. The number of para-hydroxylation sites is 1. The number of nitrogens with zero attached hydrogens (tertiary/aromatic N) is 4. The molecule has 1 saturated heterocycles. The molecular weight excluding hydrogens is 386 g/mol. The molecule has 1 fully saturated rings. The van der Waals surface area contributed by atoms with Gasteiger partial charge in [-0.1, -0.05) is 18.2 Å². The molecule has 1 aliphatic heterocycles. The van der Waals surface area contributed by atoms with E-state index in [0.717, 1.165) is 42.7 Å². The number of fused-ring (bicyclic) bond motifs is 1. The van der Waals surface area contributed by atoms with E-state index in [9.17, 15) is 13.7 Å². The van der Waals surface area contributed by atoms with E-state index in [2.05, 4.69) is 25.7 Å². The van der Waals surface area contributed by atoms with Crippen LogP contribution in [0.3, 0.4) is 0 Å². The first kappa shape index (κ1) is 19.3. The van der Waals surface area contributed by atoms with E-state index in [1.165, 1.54) is 0 Å². The summed E-state index contributed by atoms with van der Waals surface area (Å²) in [6.07, 6.45) is 2.16. The number of aromatic nitrogens is 2. The van der Waals surface area contributed by atoms with Gasteiger partial charge in [-0.05, 0) is 49.6 Å². The standard InChI is InChI=1S/C21H21N5O2S/c1-15-6-4-8-17(12-15)29(27,28)23-14-19-24-20-16(13-22)7-5-9-18(20)21(25-19)26-10-2-3-11-26/h4-9,12,23H,2-3,10-11,14H2,1H3. The largest absolute Gasteiger partial charge is 0.356 e. The van der Waals surface area contributed by atoms with Gasteiger partial charge in [-0.2, -0.15) is 5.26 Å². The Hall–Kier alpha value is -3.02. The van der Waals surface area contributed by atoms with Crippen LogP contribution in [0.15, 0.2) is 47.4 Å². The molecule has 2 aromatic carbocycles. The molecule has 1 N–H and O–H groups in total. The van der Waals surface area contributed by atoms with Crippen molar-refractivity contribution in [3.8, 4) is 6.07 Å². The van der Waals surface area contributed by atoms with Crippen molar-refractivity contribution < 1.29 is 8.42 Å². The van der Waals surface area contributed by atoms with Gasteiger partial charge in [-0.15, -0.1) is 0 Å². The van der Waals surface area contributed by atoms with Gasteiger partial charge in [0, 0.05) is 18.5 Å². The van der Waals surface area contributed by atoms with Gasteiger partial charge < -0.3 is 4.90 Å². The molecule has 3 aromatic rings. The smallest absolute Gasteiger partial charge is 0.240 e. The monoisotopic (exact) mass is 407 g/mol. The lowest BCUT2D eigenvalue weighted by Gasteiger charge is -2.19. The molecule has 148 valence electrons. The van der Waals surface area contributed by atoms with Crippen LogP contribution in [0.5, 0.6) is 0 Å². The van der Waals surface area contributed by atoms with Gasteiger partial charge >= 0.3 is 0 Å². The first-order valence-corrected chi connectivity index (χ1v) is 11.0. The Morgan fingerprint density at radius 2 is 1.90 bits per heavy atom. The second-order valence-electron chi connectivity index (χ2n) is 7.11. The Balaban J connectivity index is 1.71. The lowest BCUT2D eigenvalue weighted by atomic mass is 10.1. The number of rotatable bonds is 5. The Kier molecular flexibility index (Phi) is 5.18. The third kappa shape index (κ3) is 3.92. The molecule has 0 unspecified atom stereocenters. The second kappa shape index (κ2) is 7.78. The van der Waals surface area contributed by atoms with E-state index in [1.54, 1.807) is 24.3 Å². The minimum absolute atomic E-state index is 0.0488. The highest BCUT2D eigenvalue weighted by Gasteiger charge is 2.20. The van der Waals surface area contributed by atoms with Gasteiger partial charge in [0.1, 0.15) is 17.7 Å². The molecule has 7 nitrogen and oxygen atoms in total. The fourth-order valence-electron chi connectivity index (χ4n) is 3.55. The maximum atomic E-state index is 12.7. The number of nitriles is 1. The van der Waals surface area contributed by atoms with Crippen molar-refractivity contribution in [2.75, 3.05) is 18.0 Å². The highest BCUT2D eigenvalue weighted by Crippen LogP contribution is 2.28. The summed E-state index contributed by atoms with van der Waals surface area (Å²) in [6.45, 7) is 3.57. The third-order valence-corrected chi connectivity index (χ3v) is 6.40. The van der Waals surface area contributed by atoms with E-state index >= 15 is 0 Å². The van der Waals surface area contributed by atoms with Crippen molar-refractivity contribution in [1.29, 1.82) is 5.26 Å². The number of hydrogen-bond acceptors (Lipinski definition) is 6. The molecule has 0 radical (unpaired) electrons. The van der Waals surface area contributed by atoms with E-state index in [1.807, 2.05) is 25.1 Å². The summed E-state index contributed by atoms with van der Waals surface area (Å²) in [7, 11) is -3.69. The van der Waals surface area contributed by atoms with Gasteiger partial charge in [-0.25, -0.2) is 23.1 Å². The molecule has 0 spiro atoms. The molecular formula is C21H21N5O2S. The average Bonchev–Trinajstić information content (AvgIpc) is 3.26. The van der Waals surface area contributed by atoms with Crippen molar-refractivity contribution in [2.45, 2.75) is 31.2 Å². The quantitative estimate of drug-likeness (QED) is 0.698. The van der Waals surface area contributed by atoms with Gasteiger partial charge in [0.05, 0.1) is 22.5 Å². The Labute approximate surface area is 170 Å². The van der Waals surface area contributed by atoms with Gasteiger partial charge in [-0.3, -0.25) is 0 Å². The summed E-state index contributed by atoms with van der Waals surface area (Å²) in [5.41, 5.74) is 1.87. The minimum Gasteiger partial charge on any atom is -0.356 e. The molecule has 0 saturated carbocycles. The fourth-order valence-corrected chi connectivity index (χ4v) is 4.63. The molecule has 29 heavy (non-hydrogen) atoms. The van der Waals surface area contributed by atoms with Crippen molar-refractivity contribution in [3.05, 3.63) is 59.4 Å². The predicted octanol–water partition coefficient (Wildman–Crippen LogP) is 2.89. The number of sulfonamides is 1. The summed E-state index contributed by atoms with van der Waals surface area (Å²) in [5, 5.41) is 10.3. The van der Waals surface area contributed by atoms with Gasteiger partial charge in [0.25, 0.3) is 0 Å². The van der Waals surface area contributed by atoms with Crippen LogP contribution in [0.25, 0.3) is 10.9 Å². The summed E-state index contributed by atoms with van der Waals surface area (Å²) < 4.78 is 27.9. The van der Waals surface area contributed by atoms with Gasteiger partial charge in [0.2, 0.25) is 10.0 Å². The van der Waals surface area contributed by atoms with Crippen molar-refractivity contribution in [3.63, 3.8) is 0 Å². The first-order valence-electron chi connectivity index (χ1n) is 9.49. The summed E-state index contributed by atoms with van der Waals surface area (Å²) in [5.74, 6) is 1.10. The molecule has 0 amide bonds. The average molecular weight is 407 g/mol. The SMILES string of the molecule is Cc1cccc(S(=O)(=O)NCc2nc(N3CCCC3)c3cccc(C#N)c3n2)c1. The lowest BCUT2D eigenvalue weighted by molar-refractivity contribution is 0.579. The topological polar surface area (TPSA) is 99.0 Å². The maximum Gasteiger partial charge on any atom is 0.240 e. The number of aryl methyl sites for hydroxylation is 1. The van der Waals surface area contributed by atoms with Gasteiger partial charge in [0.15, 0.2) is 0 Å². The number of hydrogen-bond donors (Lipinski definition) is 1. The molecule has 0 bridgehead atoms. The van der Waals surface area contributed by atoms with E-state index in [-0.39, 0.29) is 11.4 Å². The van der Waals surface area contributed by atoms with Crippen LogP contribution in [0.2, 0.25) is 0 Å². The van der Waals surface area contributed by atoms with Crippen LogP contribution in [0.4, 0.5) is 5.82 Å². The van der Waals surface area contributed by atoms with Crippen molar-refractivity contribution in [2.24, 2.45) is 0 Å². The second-order valence-corrected chi connectivity index (χ2v) is 8.88. The Morgan fingerprint density at radius 1 is 1.14 bits per heavy atom. The van der Waals surface area contributed by atoms with Crippen molar-refractivity contribution in [1.82, 2.24) is 14.7 Å². The summed E-state index contributed by atoms with van der Waals surface area (Å²) >= 11 is 0. The van der Waals surface area contributed by atoms with Crippen LogP contribution in [-0.4, -0.2) is 31.5 Å². The number of anilines is 1. The van der Waals surface area contributed by atoms with Crippen molar-refractivity contribution >= 4 is 26.7 Å². The van der Waals surface area contributed by atoms with E-state index < -0.39 is 10.0 Å². The Bertz CT molecular complexity index is 1210. The van der Waals surface area contributed by atoms with Crippen LogP contribution < -0.4 is 9.62 Å². The molecule has 0 atom stereocenters. The van der Waals surface area contributed by atoms with Crippen LogP contribution in [0, 0.1) is 18.3 Å². The van der Waals surface area contributed by atoms with Crippen LogP contribution >= 0.6 is 0 Å². The molecule has 0 aliphatic carbocycles. The highest BCUT2D eigenvalue weighted by atomic mass is 32.2. The molecule has 2 heterocycles. The highest BCUT2D eigenvalue weighted by molar-refractivity contribution is 7.89. The molecule has 1 aliphatic rings.